The molecule has 37 heavy (non-hydrogen) atoms. The lowest BCUT2D eigenvalue weighted by molar-refractivity contribution is 0.271. The molecule has 0 heterocycles. The SMILES string of the molecule is CCCCCCCCCCCCCCCCOc1cc(CO)cc(OCCCCCCCCCCC)c1. The molecule has 0 atom stereocenters. The molecule has 0 unspecified atom stereocenters. The maximum absolute atomic E-state index is 9.63. The molecular formula is C34H62O3. The quantitative estimate of drug-likeness (QED) is 0.112. The summed E-state index contributed by atoms with van der Waals surface area (Å²) < 4.78 is 12.0. The van der Waals surface area contributed by atoms with E-state index in [-0.39, 0.29) is 6.61 Å². The van der Waals surface area contributed by atoms with Crippen LogP contribution < -0.4 is 9.47 Å². The normalized spacial score (nSPS) is 11.2. The minimum atomic E-state index is 0.0183. The number of hydrogen-bond acceptors (Lipinski definition) is 3. The highest BCUT2D eigenvalue weighted by Crippen LogP contribution is 2.24. The molecule has 0 fully saturated rings. The van der Waals surface area contributed by atoms with Crippen LogP contribution in [0.25, 0.3) is 0 Å². The second kappa shape index (κ2) is 26.4. The Hall–Kier alpha value is -1.22. The lowest BCUT2D eigenvalue weighted by atomic mass is 10.0. The molecule has 0 amide bonds. The molecule has 1 aromatic rings. The van der Waals surface area contributed by atoms with E-state index in [0.29, 0.717) is 0 Å². The fraction of sp³-hybridized carbons (Fsp3) is 0.824. The lowest BCUT2D eigenvalue weighted by Crippen LogP contribution is -2.01. The van der Waals surface area contributed by atoms with Gasteiger partial charge in [-0.3, -0.25) is 0 Å². The molecule has 0 spiro atoms. The number of ether oxygens (including phenoxy) is 2. The molecule has 0 aliphatic rings. The molecule has 0 aliphatic heterocycles. The first-order valence-corrected chi connectivity index (χ1v) is 16.3. The van der Waals surface area contributed by atoms with Crippen molar-refractivity contribution in [3.8, 4) is 11.5 Å². The minimum absolute atomic E-state index is 0.0183. The van der Waals surface area contributed by atoms with Crippen molar-refractivity contribution < 1.29 is 14.6 Å². The van der Waals surface area contributed by atoms with Crippen molar-refractivity contribution in [3.05, 3.63) is 23.8 Å². The average molecular weight is 519 g/mol. The maximum atomic E-state index is 9.63. The van der Waals surface area contributed by atoms with Crippen LogP contribution in [0.15, 0.2) is 18.2 Å². The van der Waals surface area contributed by atoms with Crippen LogP contribution in [0.4, 0.5) is 0 Å². The van der Waals surface area contributed by atoms with Crippen LogP contribution in [-0.2, 0) is 6.61 Å². The van der Waals surface area contributed by atoms with Crippen LogP contribution >= 0.6 is 0 Å². The van der Waals surface area contributed by atoms with Gasteiger partial charge in [-0.05, 0) is 30.5 Å². The number of benzene rings is 1. The summed E-state index contributed by atoms with van der Waals surface area (Å²) >= 11 is 0. The number of rotatable bonds is 28. The summed E-state index contributed by atoms with van der Waals surface area (Å²) in [5, 5.41) is 9.63. The predicted molar refractivity (Wildman–Crippen MR) is 161 cm³/mol. The zero-order valence-corrected chi connectivity index (χ0v) is 24.9. The van der Waals surface area contributed by atoms with Gasteiger partial charge in [0.1, 0.15) is 11.5 Å². The van der Waals surface area contributed by atoms with Gasteiger partial charge in [0.2, 0.25) is 0 Å². The van der Waals surface area contributed by atoms with Gasteiger partial charge in [0.25, 0.3) is 0 Å². The summed E-state index contributed by atoms with van der Waals surface area (Å²) in [5.74, 6) is 1.64. The van der Waals surface area contributed by atoms with Gasteiger partial charge in [0.15, 0.2) is 0 Å². The van der Waals surface area contributed by atoms with E-state index in [1.165, 1.54) is 135 Å². The van der Waals surface area contributed by atoms with E-state index in [2.05, 4.69) is 13.8 Å². The van der Waals surface area contributed by atoms with Crippen molar-refractivity contribution >= 4 is 0 Å². The topological polar surface area (TPSA) is 38.7 Å². The van der Waals surface area contributed by atoms with E-state index < -0.39 is 0 Å². The van der Waals surface area contributed by atoms with Crippen LogP contribution in [0.5, 0.6) is 11.5 Å². The van der Waals surface area contributed by atoms with Crippen LogP contribution in [0.2, 0.25) is 0 Å². The van der Waals surface area contributed by atoms with Gasteiger partial charge < -0.3 is 14.6 Å². The molecule has 1 aromatic carbocycles. The Kier molecular flexibility index (Phi) is 24.1. The highest BCUT2D eigenvalue weighted by Gasteiger charge is 2.04. The fourth-order valence-electron chi connectivity index (χ4n) is 4.98. The zero-order chi connectivity index (χ0) is 26.7. The second-order valence-electron chi connectivity index (χ2n) is 11.1. The molecule has 0 aliphatic carbocycles. The number of aliphatic hydroxyl groups excluding tert-OH is 1. The summed E-state index contributed by atoms with van der Waals surface area (Å²) in [6.45, 7) is 6.05. The van der Waals surface area contributed by atoms with Gasteiger partial charge in [0.05, 0.1) is 19.8 Å². The summed E-state index contributed by atoms with van der Waals surface area (Å²) in [5.41, 5.74) is 0.862. The van der Waals surface area contributed by atoms with Gasteiger partial charge in [-0.25, -0.2) is 0 Å². The van der Waals surface area contributed by atoms with Gasteiger partial charge >= 0.3 is 0 Å². The molecule has 216 valence electrons. The smallest absolute Gasteiger partial charge is 0.123 e. The monoisotopic (exact) mass is 518 g/mol. The molecular weight excluding hydrogens is 456 g/mol. The van der Waals surface area contributed by atoms with E-state index >= 15 is 0 Å². The third kappa shape index (κ3) is 21.4. The first-order chi connectivity index (χ1) is 18.3. The Bertz CT molecular complexity index is 601. The molecule has 0 aromatic heterocycles. The van der Waals surface area contributed by atoms with Crippen LogP contribution in [-0.4, -0.2) is 18.3 Å². The van der Waals surface area contributed by atoms with Crippen molar-refractivity contribution in [3.63, 3.8) is 0 Å². The van der Waals surface area contributed by atoms with Gasteiger partial charge in [-0.1, -0.05) is 149 Å². The van der Waals surface area contributed by atoms with Crippen LogP contribution in [0, 0.1) is 0 Å². The molecule has 3 heteroatoms. The molecule has 1 rings (SSSR count). The van der Waals surface area contributed by atoms with Crippen molar-refractivity contribution in [2.75, 3.05) is 13.2 Å². The van der Waals surface area contributed by atoms with E-state index in [4.69, 9.17) is 9.47 Å². The van der Waals surface area contributed by atoms with Gasteiger partial charge in [-0.15, -0.1) is 0 Å². The van der Waals surface area contributed by atoms with E-state index in [1.54, 1.807) is 0 Å². The van der Waals surface area contributed by atoms with Crippen LogP contribution in [0.1, 0.15) is 167 Å². The van der Waals surface area contributed by atoms with Crippen molar-refractivity contribution in [2.24, 2.45) is 0 Å². The Morgan fingerprint density at radius 3 is 1.03 bits per heavy atom. The summed E-state index contributed by atoms with van der Waals surface area (Å²) in [4.78, 5) is 0. The van der Waals surface area contributed by atoms with Gasteiger partial charge in [0, 0.05) is 6.07 Å². The zero-order valence-electron chi connectivity index (χ0n) is 24.9. The van der Waals surface area contributed by atoms with Crippen LogP contribution in [0.3, 0.4) is 0 Å². The fourth-order valence-corrected chi connectivity index (χ4v) is 4.98. The molecule has 0 saturated heterocycles. The average Bonchev–Trinajstić information content (AvgIpc) is 2.91. The van der Waals surface area contributed by atoms with Crippen molar-refractivity contribution in [1.29, 1.82) is 0 Å². The number of hydrogen-bond donors (Lipinski definition) is 1. The summed E-state index contributed by atoms with van der Waals surface area (Å²) in [6.07, 6.45) is 31.0. The molecule has 1 N–H and O–H groups in total. The lowest BCUT2D eigenvalue weighted by Gasteiger charge is -2.12. The van der Waals surface area contributed by atoms with Crippen molar-refractivity contribution in [1.82, 2.24) is 0 Å². The van der Waals surface area contributed by atoms with Crippen molar-refractivity contribution in [2.45, 2.75) is 168 Å². The number of aliphatic hydroxyl groups is 1. The van der Waals surface area contributed by atoms with Gasteiger partial charge in [-0.2, -0.15) is 0 Å². The third-order valence-electron chi connectivity index (χ3n) is 7.41. The minimum Gasteiger partial charge on any atom is -0.493 e. The second-order valence-corrected chi connectivity index (χ2v) is 11.1. The standard InChI is InChI=1S/C34H62O3/c1-3-5-7-9-11-13-14-15-16-17-19-21-23-25-27-37-34-29-32(31-35)28-33(30-34)36-26-24-22-20-18-12-10-8-6-4-2/h28-30,35H,3-27,31H2,1-2H3. The van der Waals surface area contributed by atoms with E-state index in [9.17, 15) is 5.11 Å². The molecule has 0 radical (unpaired) electrons. The Morgan fingerprint density at radius 1 is 0.432 bits per heavy atom. The first-order valence-electron chi connectivity index (χ1n) is 16.3. The molecule has 3 nitrogen and oxygen atoms in total. The largest absolute Gasteiger partial charge is 0.493 e. The number of unbranched alkanes of at least 4 members (excludes halogenated alkanes) is 21. The summed E-state index contributed by atoms with van der Waals surface area (Å²) in [6, 6.07) is 5.86. The van der Waals surface area contributed by atoms with E-state index in [1.807, 2.05) is 18.2 Å². The first kappa shape index (κ1) is 33.8. The van der Waals surface area contributed by atoms with E-state index in [0.717, 1.165) is 43.1 Å². The Balaban J connectivity index is 2.03. The Morgan fingerprint density at radius 2 is 0.730 bits per heavy atom. The summed E-state index contributed by atoms with van der Waals surface area (Å²) in [7, 11) is 0. The molecule has 0 bridgehead atoms. The maximum Gasteiger partial charge on any atom is 0.123 e. The molecule has 0 saturated carbocycles. The highest BCUT2D eigenvalue weighted by molar-refractivity contribution is 5.38. The Labute approximate surface area is 231 Å². The highest BCUT2D eigenvalue weighted by atomic mass is 16.5. The third-order valence-corrected chi connectivity index (χ3v) is 7.41. The predicted octanol–water partition coefficient (Wildman–Crippen LogP) is 10.9.